The maximum atomic E-state index is 13.2. The van der Waals surface area contributed by atoms with Gasteiger partial charge in [-0.1, -0.05) is 17.7 Å². The van der Waals surface area contributed by atoms with E-state index < -0.39 is 17.7 Å². The molecule has 0 bridgehead atoms. The van der Waals surface area contributed by atoms with Crippen molar-refractivity contribution in [3.63, 3.8) is 0 Å². The number of rotatable bonds is 10. The summed E-state index contributed by atoms with van der Waals surface area (Å²) < 4.78 is 16.2. The first-order valence-corrected chi connectivity index (χ1v) is 11.7. The molecule has 1 saturated heterocycles. The van der Waals surface area contributed by atoms with E-state index in [-0.39, 0.29) is 11.3 Å². The molecular weight excluding hydrogens is 472 g/mol. The number of methoxy groups -OCH3 is 2. The zero-order valence-electron chi connectivity index (χ0n) is 20.6. The van der Waals surface area contributed by atoms with E-state index in [1.165, 1.54) is 25.2 Å². The molecule has 0 aromatic heterocycles. The van der Waals surface area contributed by atoms with Crippen LogP contribution in [-0.2, 0) is 9.59 Å². The Bertz CT molecular complexity index is 1130. The van der Waals surface area contributed by atoms with E-state index in [4.69, 9.17) is 25.8 Å². The van der Waals surface area contributed by atoms with Crippen LogP contribution in [-0.4, -0.2) is 74.6 Å². The summed E-state index contributed by atoms with van der Waals surface area (Å²) in [6.07, 6.45) is 0.652. The lowest BCUT2D eigenvalue weighted by atomic mass is 9.95. The highest BCUT2D eigenvalue weighted by atomic mass is 35.5. The molecule has 1 N–H and O–H groups in total. The zero-order chi connectivity index (χ0) is 25.7. The molecular formula is C26H31ClN2O6. The second-order valence-corrected chi connectivity index (χ2v) is 8.75. The Kier molecular flexibility index (Phi) is 8.64. The number of hydrogen-bond acceptors (Lipinski definition) is 7. The second kappa shape index (κ2) is 11.5. The number of Topliss-reactive ketones (excluding diaryl/α,β-unsaturated/α-hetero) is 1. The Hall–Kier alpha value is -3.23. The van der Waals surface area contributed by atoms with Crippen molar-refractivity contribution in [2.45, 2.75) is 19.4 Å². The summed E-state index contributed by atoms with van der Waals surface area (Å²) in [6.45, 7) is 3.34. The van der Waals surface area contributed by atoms with Gasteiger partial charge in [0.1, 0.15) is 11.5 Å². The Labute approximate surface area is 210 Å². The molecule has 35 heavy (non-hydrogen) atoms. The van der Waals surface area contributed by atoms with Crippen LogP contribution in [0.15, 0.2) is 42.0 Å². The van der Waals surface area contributed by atoms with Gasteiger partial charge in [-0.3, -0.25) is 9.59 Å². The maximum absolute atomic E-state index is 13.2. The molecule has 0 radical (unpaired) electrons. The predicted molar refractivity (Wildman–Crippen MR) is 134 cm³/mol. The van der Waals surface area contributed by atoms with Gasteiger partial charge in [0.2, 0.25) is 0 Å². The SMILES string of the molecule is CCOc1ccc(/C(O)=C2\C(=O)C(=O)N(CCCN(C)C)C2c2ccc(OC)c(OC)c2)cc1Cl. The molecule has 0 saturated carbocycles. The Balaban J connectivity index is 2.14. The van der Waals surface area contributed by atoms with Crippen molar-refractivity contribution < 1.29 is 28.9 Å². The van der Waals surface area contributed by atoms with Crippen molar-refractivity contribution in [2.75, 3.05) is 48.0 Å². The number of aliphatic hydroxyl groups excluding tert-OH is 1. The van der Waals surface area contributed by atoms with E-state index in [0.717, 1.165) is 6.54 Å². The Morgan fingerprint density at radius 3 is 2.34 bits per heavy atom. The number of amides is 1. The first kappa shape index (κ1) is 26.4. The topological polar surface area (TPSA) is 88.5 Å². The van der Waals surface area contributed by atoms with E-state index in [2.05, 4.69) is 0 Å². The summed E-state index contributed by atoms with van der Waals surface area (Å²) in [5.41, 5.74) is 0.924. The summed E-state index contributed by atoms with van der Waals surface area (Å²) >= 11 is 6.32. The summed E-state index contributed by atoms with van der Waals surface area (Å²) in [5.74, 6) is -0.291. The molecule has 188 valence electrons. The third-order valence-electron chi connectivity index (χ3n) is 5.77. The minimum atomic E-state index is -0.803. The number of ketones is 1. The largest absolute Gasteiger partial charge is 0.507 e. The van der Waals surface area contributed by atoms with Gasteiger partial charge in [-0.15, -0.1) is 0 Å². The van der Waals surface area contributed by atoms with Crippen LogP contribution in [0.25, 0.3) is 5.76 Å². The highest BCUT2D eigenvalue weighted by molar-refractivity contribution is 6.46. The van der Waals surface area contributed by atoms with Crippen LogP contribution >= 0.6 is 11.6 Å². The first-order chi connectivity index (χ1) is 16.7. The van der Waals surface area contributed by atoms with Gasteiger partial charge in [0.05, 0.1) is 37.5 Å². The molecule has 8 nitrogen and oxygen atoms in total. The summed E-state index contributed by atoms with van der Waals surface area (Å²) in [4.78, 5) is 29.8. The monoisotopic (exact) mass is 502 g/mol. The number of hydrogen-bond donors (Lipinski definition) is 1. The molecule has 0 aliphatic carbocycles. The van der Waals surface area contributed by atoms with E-state index >= 15 is 0 Å². The second-order valence-electron chi connectivity index (χ2n) is 8.34. The molecule has 1 aliphatic heterocycles. The number of likely N-dealkylation sites (tertiary alicyclic amines) is 1. The lowest BCUT2D eigenvalue weighted by Gasteiger charge is -2.26. The normalized spacial score (nSPS) is 17.2. The van der Waals surface area contributed by atoms with Gasteiger partial charge in [0.25, 0.3) is 11.7 Å². The standard InChI is InChI=1S/C26H31ClN2O6/c1-6-35-19-10-9-17(14-18(19)27)24(30)22-23(16-8-11-20(33-4)21(15-16)34-5)29(26(32)25(22)31)13-7-12-28(2)3/h8-11,14-15,23,30H,6-7,12-13H2,1-5H3/b24-22+. The van der Waals surface area contributed by atoms with Gasteiger partial charge in [0.15, 0.2) is 11.5 Å². The van der Waals surface area contributed by atoms with E-state index in [9.17, 15) is 14.7 Å². The highest BCUT2D eigenvalue weighted by Crippen LogP contribution is 2.42. The van der Waals surface area contributed by atoms with Crippen molar-refractivity contribution in [1.29, 1.82) is 0 Å². The molecule has 2 aromatic carbocycles. The summed E-state index contributed by atoms with van der Waals surface area (Å²) in [5, 5.41) is 11.6. The molecule has 1 atom stereocenters. The van der Waals surface area contributed by atoms with Crippen LogP contribution in [0.4, 0.5) is 0 Å². The Morgan fingerprint density at radius 1 is 1.06 bits per heavy atom. The molecule has 1 heterocycles. The van der Waals surface area contributed by atoms with Crippen molar-refractivity contribution in [1.82, 2.24) is 9.80 Å². The van der Waals surface area contributed by atoms with E-state index in [1.54, 1.807) is 30.3 Å². The fourth-order valence-corrected chi connectivity index (χ4v) is 4.35. The average molecular weight is 503 g/mol. The lowest BCUT2D eigenvalue weighted by molar-refractivity contribution is -0.139. The van der Waals surface area contributed by atoms with Crippen LogP contribution in [0, 0.1) is 0 Å². The predicted octanol–water partition coefficient (Wildman–Crippen LogP) is 4.13. The quantitative estimate of drug-likeness (QED) is 0.297. The van der Waals surface area contributed by atoms with Crippen LogP contribution in [0.2, 0.25) is 5.02 Å². The number of ether oxygens (including phenoxy) is 3. The fraction of sp³-hybridized carbons (Fsp3) is 0.385. The molecule has 1 unspecified atom stereocenters. The number of halogens is 1. The molecule has 2 aromatic rings. The molecule has 9 heteroatoms. The van der Waals surface area contributed by atoms with Crippen LogP contribution in [0.3, 0.4) is 0 Å². The fourth-order valence-electron chi connectivity index (χ4n) is 4.11. The third kappa shape index (κ3) is 5.55. The van der Waals surface area contributed by atoms with Crippen LogP contribution < -0.4 is 14.2 Å². The van der Waals surface area contributed by atoms with Gasteiger partial charge in [-0.25, -0.2) is 0 Å². The number of nitrogens with zero attached hydrogens (tertiary/aromatic N) is 2. The third-order valence-corrected chi connectivity index (χ3v) is 6.07. The summed E-state index contributed by atoms with van der Waals surface area (Å²) in [6, 6.07) is 9.13. The van der Waals surface area contributed by atoms with Crippen LogP contribution in [0.5, 0.6) is 17.2 Å². The average Bonchev–Trinajstić information content (AvgIpc) is 3.09. The van der Waals surface area contributed by atoms with Crippen LogP contribution in [0.1, 0.15) is 30.5 Å². The van der Waals surface area contributed by atoms with Gasteiger partial charge < -0.3 is 29.1 Å². The Morgan fingerprint density at radius 2 is 1.74 bits per heavy atom. The smallest absolute Gasteiger partial charge is 0.295 e. The van der Waals surface area contributed by atoms with Crippen molar-refractivity contribution in [3.05, 3.63) is 58.1 Å². The van der Waals surface area contributed by atoms with E-state index in [0.29, 0.717) is 53.0 Å². The number of carbonyl (C=O) groups excluding carboxylic acids is 2. The molecule has 3 rings (SSSR count). The lowest BCUT2D eigenvalue weighted by Crippen LogP contribution is -2.32. The highest BCUT2D eigenvalue weighted by Gasteiger charge is 2.46. The van der Waals surface area contributed by atoms with Crippen molar-refractivity contribution in [3.8, 4) is 17.2 Å². The molecule has 1 fully saturated rings. The van der Waals surface area contributed by atoms with Gasteiger partial charge in [0, 0.05) is 12.1 Å². The number of aliphatic hydroxyl groups is 1. The molecule has 0 spiro atoms. The first-order valence-electron chi connectivity index (χ1n) is 11.3. The van der Waals surface area contributed by atoms with Crippen molar-refractivity contribution >= 4 is 29.1 Å². The molecule has 1 amide bonds. The maximum Gasteiger partial charge on any atom is 0.295 e. The molecule has 1 aliphatic rings. The number of carbonyl (C=O) groups is 2. The van der Waals surface area contributed by atoms with E-state index in [1.807, 2.05) is 25.9 Å². The number of benzene rings is 2. The van der Waals surface area contributed by atoms with Gasteiger partial charge >= 0.3 is 0 Å². The van der Waals surface area contributed by atoms with Crippen molar-refractivity contribution in [2.24, 2.45) is 0 Å². The minimum Gasteiger partial charge on any atom is -0.507 e. The summed E-state index contributed by atoms with van der Waals surface area (Å²) in [7, 11) is 6.92. The minimum absolute atomic E-state index is 0.00713. The van der Waals surface area contributed by atoms with Gasteiger partial charge in [-0.2, -0.15) is 0 Å². The zero-order valence-corrected chi connectivity index (χ0v) is 21.4. The van der Waals surface area contributed by atoms with Gasteiger partial charge in [-0.05, 0) is 69.9 Å².